The Kier molecular flexibility index (Phi) is 7.08. The maximum Gasteiger partial charge on any atom is 0.278 e. The number of methoxy groups -OCH3 is 2. The fourth-order valence-corrected chi connectivity index (χ4v) is 3.21. The van der Waals surface area contributed by atoms with Crippen LogP contribution in [-0.2, 0) is 14.3 Å². The molecule has 2 amide bonds. The number of carbonyl (C=O) groups excluding carboxylic acids is 2. The molecule has 0 aliphatic carbocycles. The van der Waals surface area contributed by atoms with Crippen LogP contribution in [0, 0.1) is 0 Å². The molecule has 0 spiro atoms. The van der Waals surface area contributed by atoms with Crippen molar-refractivity contribution < 1.29 is 23.8 Å². The number of hydrogen-bond donors (Lipinski definition) is 1. The van der Waals surface area contributed by atoms with E-state index < -0.39 is 5.91 Å². The van der Waals surface area contributed by atoms with Crippen molar-refractivity contribution in [1.82, 2.24) is 4.90 Å². The number of hydrogen-bond acceptors (Lipinski definition) is 6. The lowest BCUT2D eigenvalue weighted by Gasteiger charge is -2.15. The van der Waals surface area contributed by atoms with E-state index >= 15 is 0 Å². The molecule has 0 fully saturated rings. The summed E-state index contributed by atoms with van der Waals surface area (Å²) in [7, 11) is 3.06. The van der Waals surface area contributed by atoms with Crippen molar-refractivity contribution in [3.8, 4) is 11.5 Å². The van der Waals surface area contributed by atoms with E-state index in [9.17, 15) is 9.59 Å². The highest BCUT2D eigenvalue weighted by Crippen LogP contribution is 2.35. The zero-order chi connectivity index (χ0) is 21.5. The zero-order valence-corrected chi connectivity index (χ0v) is 17.4. The summed E-state index contributed by atoms with van der Waals surface area (Å²) < 4.78 is 16.2. The third-order valence-electron chi connectivity index (χ3n) is 4.64. The molecule has 30 heavy (non-hydrogen) atoms. The van der Waals surface area contributed by atoms with Gasteiger partial charge in [0, 0.05) is 24.4 Å². The molecule has 1 aliphatic rings. The first-order valence-electron chi connectivity index (χ1n) is 9.83. The summed E-state index contributed by atoms with van der Waals surface area (Å²) in [6.07, 6.45) is 0.891. The molecule has 0 saturated heterocycles. The van der Waals surface area contributed by atoms with Crippen LogP contribution in [0.4, 0.5) is 5.69 Å². The third-order valence-corrected chi connectivity index (χ3v) is 4.64. The highest BCUT2D eigenvalue weighted by atomic mass is 16.5. The Morgan fingerprint density at radius 3 is 2.50 bits per heavy atom. The van der Waals surface area contributed by atoms with Crippen LogP contribution < -0.4 is 14.8 Å². The molecule has 158 valence electrons. The van der Waals surface area contributed by atoms with Gasteiger partial charge >= 0.3 is 0 Å². The second-order valence-electron chi connectivity index (χ2n) is 6.71. The summed E-state index contributed by atoms with van der Waals surface area (Å²) >= 11 is 0. The minimum atomic E-state index is -0.405. The van der Waals surface area contributed by atoms with Gasteiger partial charge in [-0.3, -0.25) is 14.5 Å². The molecule has 1 N–H and O–H groups in total. The van der Waals surface area contributed by atoms with Gasteiger partial charge in [-0.05, 0) is 24.6 Å². The van der Waals surface area contributed by atoms with Gasteiger partial charge in [-0.15, -0.1) is 0 Å². The van der Waals surface area contributed by atoms with Crippen LogP contribution in [-0.4, -0.2) is 50.7 Å². The molecule has 2 aromatic carbocycles. The van der Waals surface area contributed by atoms with E-state index in [-0.39, 0.29) is 30.3 Å². The van der Waals surface area contributed by atoms with E-state index in [0.717, 1.165) is 6.42 Å². The molecular formula is C23H26N2O5. The SMILES string of the molecule is CCCOc1cccc(NC2=C(c3ccccc3OC)C(=O)N(CCOC)C2=O)c1. The average Bonchev–Trinajstić information content (AvgIpc) is 3.00. The van der Waals surface area contributed by atoms with Crippen molar-refractivity contribution in [2.75, 3.05) is 39.3 Å². The Balaban J connectivity index is 2.02. The van der Waals surface area contributed by atoms with Crippen LogP contribution in [0.2, 0.25) is 0 Å². The molecule has 0 bridgehead atoms. The molecule has 1 aliphatic heterocycles. The topological polar surface area (TPSA) is 77.1 Å². The number of ether oxygens (including phenoxy) is 3. The Morgan fingerprint density at radius 2 is 1.77 bits per heavy atom. The van der Waals surface area contributed by atoms with Crippen molar-refractivity contribution in [2.24, 2.45) is 0 Å². The smallest absolute Gasteiger partial charge is 0.278 e. The summed E-state index contributed by atoms with van der Waals surface area (Å²) in [4.78, 5) is 27.5. The number of benzene rings is 2. The summed E-state index contributed by atoms with van der Waals surface area (Å²) in [6, 6.07) is 14.4. The van der Waals surface area contributed by atoms with Crippen LogP contribution in [0.25, 0.3) is 5.57 Å². The van der Waals surface area contributed by atoms with E-state index in [1.54, 1.807) is 24.3 Å². The first-order valence-corrected chi connectivity index (χ1v) is 9.83. The Morgan fingerprint density at radius 1 is 0.967 bits per heavy atom. The third kappa shape index (κ3) is 4.46. The largest absolute Gasteiger partial charge is 0.496 e. The number of carbonyl (C=O) groups is 2. The fraction of sp³-hybridized carbons (Fsp3) is 0.304. The van der Waals surface area contributed by atoms with E-state index in [1.165, 1.54) is 19.1 Å². The number of para-hydroxylation sites is 1. The average molecular weight is 410 g/mol. The summed E-state index contributed by atoms with van der Waals surface area (Å²) in [5.41, 5.74) is 1.68. The number of imide groups is 1. The van der Waals surface area contributed by atoms with E-state index in [1.807, 2.05) is 31.2 Å². The Labute approximate surface area is 176 Å². The highest BCUT2D eigenvalue weighted by molar-refractivity contribution is 6.37. The molecular weight excluding hydrogens is 384 g/mol. The zero-order valence-electron chi connectivity index (χ0n) is 17.4. The lowest BCUT2D eigenvalue weighted by Crippen LogP contribution is -2.35. The van der Waals surface area contributed by atoms with Crippen molar-refractivity contribution in [2.45, 2.75) is 13.3 Å². The van der Waals surface area contributed by atoms with Gasteiger partial charge in [0.25, 0.3) is 11.8 Å². The minimum absolute atomic E-state index is 0.164. The van der Waals surface area contributed by atoms with Gasteiger partial charge in [0.2, 0.25) is 0 Å². The Hall–Kier alpha value is -3.32. The van der Waals surface area contributed by atoms with Gasteiger partial charge in [0.15, 0.2) is 0 Å². The molecule has 1 heterocycles. The number of amides is 2. The predicted octanol–water partition coefficient (Wildman–Crippen LogP) is 3.32. The van der Waals surface area contributed by atoms with Gasteiger partial charge < -0.3 is 19.5 Å². The molecule has 0 aromatic heterocycles. The number of nitrogens with one attached hydrogen (secondary N) is 1. The lowest BCUT2D eigenvalue weighted by molar-refractivity contribution is -0.137. The molecule has 7 heteroatoms. The van der Waals surface area contributed by atoms with Crippen molar-refractivity contribution >= 4 is 23.1 Å². The van der Waals surface area contributed by atoms with Gasteiger partial charge in [-0.2, -0.15) is 0 Å². The van der Waals surface area contributed by atoms with Gasteiger partial charge in [-0.25, -0.2) is 0 Å². The molecule has 0 radical (unpaired) electrons. The number of anilines is 1. The van der Waals surface area contributed by atoms with Gasteiger partial charge in [-0.1, -0.05) is 31.2 Å². The summed E-state index contributed by atoms with van der Waals surface area (Å²) in [6.45, 7) is 3.05. The molecule has 0 atom stereocenters. The quantitative estimate of drug-likeness (QED) is 0.606. The highest BCUT2D eigenvalue weighted by Gasteiger charge is 2.40. The second-order valence-corrected chi connectivity index (χ2v) is 6.71. The number of rotatable bonds is 10. The minimum Gasteiger partial charge on any atom is -0.496 e. The normalized spacial score (nSPS) is 13.8. The van der Waals surface area contributed by atoms with Crippen molar-refractivity contribution in [1.29, 1.82) is 0 Å². The maximum absolute atomic E-state index is 13.2. The Bertz CT molecular complexity index is 954. The molecule has 2 aromatic rings. The van der Waals surface area contributed by atoms with E-state index in [4.69, 9.17) is 14.2 Å². The monoisotopic (exact) mass is 410 g/mol. The van der Waals surface area contributed by atoms with Gasteiger partial charge in [0.05, 0.1) is 32.4 Å². The van der Waals surface area contributed by atoms with Crippen LogP contribution in [0.5, 0.6) is 11.5 Å². The fourth-order valence-electron chi connectivity index (χ4n) is 3.21. The van der Waals surface area contributed by atoms with Crippen LogP contribution in [0.3, 0.4) is 0 Å². The predicted molar refractivity (Wildman–Crippen MR) is 114 cm³/mol. The van der Waals surface area contributed by atoms with Crippen molar-refractivity contribution in [3.63, 3.8) is 0 Å². The summed E-state index contributed by atoms with van der Waals surface area (Å²) in [5, 5.41) is 3.14. The maximum atomic E-state index is 13.2. The summed E-state index contributed by atoms with van der Waals surface area (Å²) in [5.74, 6) is 0.413. The lowest BCUT2D eigenvalue weighted by atomic mass is 10.0. The molecule has 0 unspecified atom stereocenters. The van der Waals surface area contributed by atoms with Crippen LogP contribution in [0.1, 0.15) is 18.9 Å². The van der Waals surface area contributed by atoms with E-state index in [0.29, 0.717) is 29.4 Å². The first kappa shape index (κ1) is 21.4. The number of nitrogens with zero attached hydrogens (tertiary/aromatic N) is 1. The van der Waals surface area contributed by atoms with Crippen LogP contribution >= 0.6 is 0 Å². The standard InChI is InChI=1S/C23H26N2O5/c1-4-13-30-17-9-7-8-16(15-17)24-21-20(18-10-5-6-11-19(18)29-3)22(26)25(23(21)27)12-14-28-2/h5-11,15,24H,4,12-14H2,1-3H3. The molecule has 0 saturated carbocycles. The van der Waals surface area contributed by atoms with Gasteiger partial charge in [0.1, 0.15) is 17.2 Å². The van der Waals surface area contributed by atoms with Crippen molar-refractivity contribution in [3.05, 3.63) is 59.8 Å². The van der Waals surface area contributed by atoms with E-state index in [2.05, 4.69) is 5.32 Å². The molecule has 3 rings (SSSR count). The second kappa shape index (κ2) is 9.93. The first-order chi connectivity index (χ1) is 14.6. The van der Waals surface area contributed by atoms with Crippen LogP contribution in [0.15, 0.2) is 54.2 Å². The molecule has 7 nitrogen and oxygen atoms in total.